The van der Waals surface area contributed by atoms with Crippen LogP contribution in [-0.2, 0) is 9.16 Å². The molecule has 0 bridgehead atoms. The van der Waals surface area contributed by atoms with E-state index in [-0.39, 0.29) is 29.7 Å². The number of hydrogen-bond donors (Lipinski definition) is 2. The Kier molecular flexibility index (Phi) is 6.32. The van der Waals surface area contributed by atoms with Crippen molar-refractivity contribution in [3.8, 4) is 0 Å². The largest absolute Gasteiger partial charge is 0.444 e. The van der Waals surface area contributed by atoms with E-state index in [1.807, 2.05) is 20.8 Å². The molecule has 5 nitrogen and oxygen atoms in total. The van der Waals surface area contributed by atoms with Crippen molar-refractivity contribution in [2.75, 3.05) is 6.61 Å². The molecule has 1 aliphatic carbocycles. The van der Waals surface area contributed by atoms with E-state index < -0.39 is 20.0 Å². The van der Waals surface area contributed by atoms with E-state index >= 15 is 0 Å². The predicted molar refractivity (Wildman–Crippen MR) is 95.0 cm³/mol. The van der Waals surface area contributed by atoms with Crippen LogP contribution in [0.1, 0.15) is 54.4 Å². The smallest absolute Gasteiger partial charge is 0.407 e. The average molecular weight is 346 g/mol. The molecule has 3 atom stereocenters. The highest BCUT2D eigenvalue weighted by Gasteiger charge is 2.44. The van der Waals surface area contributed by atoms with Gasteiger partial charge in [0.25, 0.3) is 0 Å². The summed E-state index contributed by atoms with van der Waals surface area (Å²) in [5.41, 5.74) is -0.519. The molecule has 2 N–H and O–H groups in total. The van der Waals surface area contributed by atoms with Gasteiger partial charge in [-0.25, -0.2) is 4.79 Å². The first-order valence-electron chi connectivity index (χ1n) is 8.53. The zero-order valence-electron chi connectivity index (χ0n) is 16.0. The molecule has 0 aromatic heterocycles. The van der Waals surface area contributed by atoms with E-state index in [9.17, 15) is 9.90 Å². The lowest BCUT2D eigenvalue weighted by Gasteiger charge is -2.40. The lowest BCUT2D eigenvalue weighted by atomic mass is 10.1. The zero-order chi connectivity index (χ0) is 18.1. The maximum atomic E-state index is 12.1. The molecular formula is C17H35NO4Si. The van der Waals surface area contributed by atoms with Crippen molar-refractivity contribution < 1.29 is 19.1 Å². The Bertz CT molecular complexity index is 412. The topological polar surface area (TPSA) is 67.8 Å². The van der Waals surface area contributed by atoms with Crippen LogP contribution >= 0.6 is 0 Å². The van der Waals surface area contributed by atoms with Crippen LogP contribution in [0.25, 0.3) is 0 Å². The van der Waals surface area contributed by atoms with Gasteiger partial charge in [0.15, 0.2) is 8.32 Å². The van der Waals surface area contributed by atoms with Crippen LogP contribution in [-0.4, -0.2) is 43.9 Å². The summed E-state index contributed by atoms with van der Waals surface area (Å²) in [5, 5.41) is 12.6. The van der Waals surface area contributed by atoms with E-state index in [0.717, 1.165) is 12.8 Å². The van der Waals surface area contributed by atoms with Gasteiger partial charge in [-0.1, -0.05) is 20.8 Å². The van der Waals surface area contributed by atoms with Crippen molar-refractivity contribution >= 4 is 14.4 Å². The summed E-state index contributed by atoms with van der Waals surface area (Å²) >= 11 is 0. The van der Waals surface area contributed by atoms with Gasteiger partial charge >= 0.3 is 6.09 Å². The minimum absolute atomic E-state index is 0.0550. The molecule has 0 heterocycles. The second kappa shape index (κ2) is 7.11. The third kappa shape index (κ3) is 6.08. The summed E-state index contributed by atoms with van der Waals surface area (Å²) in [5.74, 6) is 0.171. The van der Waals surface area contributed by atoms with Crippen molar-refractivity contribution in [2.45, 2.75) is 90.3 Å². The van der Waals surface area contributed by atoms with Crippen LogP contribution < -0.4 is 5.32 Å². The number of aliphatic hydroxyl groups excluding tert-OH is 1. The molecule has 0 saturated heterocycles. The molecule has 1 fully saturated rings. The van der Waals surface area contributed by atoms with Gasteiger partial charge in [0, 0.05) is 6.61 Å². The van der Waals surface area contributed by atoms with E-state index in [2.05, 4.69) is 39.2 Å². The summed E-state index contributed by atoms with van der Waals surface area (Å²) in [6, 6.07) is -0.101. The number of ether oxygens (including phenoxy) is 1. The maximum absolute atomic E-state index is 12.1. The van der Waals surface area contributed by atoms with Crippen LogP contribution in [0, 0.1) is 5.92 Å². The molecule has 1 unspecified atom stereocenters. The number of nitrogens with one attached hydrogen (secondary N) is 1. The van der Waals surface area contributed by atoms with Gasteiger partial charge in [0.05, 0.1) is 12.1 Å². The highest BCUT2D eigenvalue weighted by Crippen LogP contribution is 2.40. The highest BCUT2D eigenvalue weighted by molar-refractivity contribution is 6.74. The van der Waals surface area contributed by atoms with Crippen LogP contribution in [0.2, 0.25) is 18.1 Å². The van der Waals surface area contributed by atoms with Crippen LogP contribution in [0.3, 0.4) is 0 Å². The third-order valence-corrected chi connectivity index (χ3v) is 9.32. The van der Waals surface area contributed by atoms with Gasteiger partial charge in [-0.2, -0.15) is 0 Å². The number of amides is 1. The number of hydrogen-bond acceptors (Lipinski definition) is 4. The van der Waals surface area contributed by atoms with Gasteiger partial charge < -0.3 is 19.6 Å². The van der Waals surface area contributed by atoms with E-state index in [4.69, 9.17) is 9.16 Å². The molecule has 0 spiro atoms. The minimum Gasteiger partial charge on any atom is -0.444 e. The molecule has 0 aromatic carbocycles. The average Bonchev–Trinajstić information content (AvgIpc) is 2.66. The lowest BCUT2D eigenvalue weighted by Crippen LogP contribution is -2.50. The van der Waals surface area contributed by atoms with Gasteiger partial charge in [-0.15, -0.1) is 0 Å². The van der Waals surface area contributed by atoms with E-state index in [1.54, 1.807) is 0 Å². The fourth-order valence-corrected chi connectivity index (χ4v) is 3.92. The Morgan fingerprint density at radius 2 is 1.74 bits per heavy atom. The standard InChI is InChI=1S/C17H35NO4Si/c1-16(2,3)21-15(20)18-13-9-12(11-19)10-14(13)22-23(7,8)17(4,5)6/h12-14,19H,9-11H2,1-8H3,(H,18,20)/t12-,13?,14-/m0/s1. The van der Waals surface area contributed by atoms with Gasteiger partial charge in [0.1, 0.15) is 5.60 Å². The number of alkyl carbamates (subject to hydrolysis) is 1. The molecule has 0 aliphatic heterocycles. The second-order valence-electron chi connectivity index (χ2n) is 9.19. The van der Waals surface area contributed by atoms with Crippen molar-refractivity contribution in [2.24, 2.45) is 5.92 Å². The van der Waals surface area contributed by atoms with Crippen molar-refractivity contribution in [3.05, 3.63) is 0 Å². The van der Waals surface area contributed by atoms with Gasteiger partial charge in [-0.05, 0) is 57.7 Å². The summed E-state index contributed by atoms with van der Waals surface area (Å²) in [6.45, 7) is 16.7. The highest BCUT2D eigenvalue weighted by atomic mass is 28.4. The first-order chi connectivity index (χ1) is 10.2. The Balaban J connectivity index is 2.77. The summed E-state index contributed by atoms with van der Waals surface area (Å²) in [6.07, 6.45) is 1.05. The maximum Gasteiger partial charge on any atom is 0.407 e. The Morgan fingerprint density at radius 3 is 2.17 bits per heavy atom. The van der Waals surface area contributed by atoms with Crippen LogP contribution in [0.5, 0.6) is 0 Å². The SMILES string of the molecule is CC(C)(C)OC(=O)NC1C[C@H](CO)C[C@@H]1O[Si](C)(C)C(C)(C)C. The first-order valence-corrected chi connectivity index (χ1v) is 11.4. The van der Waals surface area contributed by atoms with Gasteiger partial charge in [0.2, 0.25) is 0 Å². The molecule has 1 aliphatic rings. The van der Waals surface area contributed by atoms with Gasteiger partial charge in [-0.3, -0.25) is 0 Å². The number of rotatable bonds is 4. The number of aliphatic hydroxyl groups is 1. The fourth-order valence-electron chi connectivity index (χ4n) is 2.55. The zero-order valence-corrected chi connectivity index (χ0v) is 17.0. The Labute approximate surface area is 142 Å². The molecule has 0 aromatic rings. The minimum atomic E-state index is -1.93. The Morgan fingerprint density at radius 1 is 1.17 bits per heavy atom. The van der Waals surface area contributed by atoms with Crippen molar-refractivity contribution in [3.63, 3.8) is 0 Å². The molecule has 1 saturated carbocycles. The van der Waals surface area contributed by atoms with Crippen molar-refractivity contribution in [1.82, 2.24) is 5.32 Å². The van der Waals surface area contributed by atoms with Crippen LogP contribution in [0.4, 0.5) is 4.79 Å². The van der Waals surface area contributed by atoms with Crippen LogP contribution in [0.15, 0.2) is 0 Å². The third-order valence-electron chi connectivity index (χ3n) is 4.81. The van der Waals surface area contributed by atoms with Crippen molar-refractivity contribution in [1.29, 1.82) is 0 Å². The predicted octanol–water partition coefficient (Wildman–Crippen LogP) is 3.67. The second-order valence-corrected chi connectivity index (χ2v) is 13.9. The molecule has 6 heteroatoms. The molecular weight excluding hydrogens is 310 g/mol. The monoisotopic (exact) mass is 345 g/mol. The molecule has 1 rings (SSSR count). The normalized spacial score (nSPS) is 26.2. The number of carbonyl (C=O) groups is 1. The summed E-state index contributed by atoms with van der Waals surface area (Å²) in [7, 11) is -1.93. The molecule has 0 radical (unpaired) electrons. The molecule has 23 heavy (non-hydrogen) atoms. The Hall–Kier alpha value is -0.593. The summed E-state index contributed by atoms with van der Waals surface area (Å²) in [4.78, 5) is 12.1. The van der Waals surface area contributed by atoms with E-state index in [1.165, 1.54) is 0 Å². The fraction of sp³-hybridized carbons (Fsp3) is 0.941. The quantitative estimate of drug-likeness (QED) is 0.763. The molecule has 1 amide bonds. The first kappa shape index (κ1) is 20.5. The van der Waals surface area contributed by atoms with E-state index in [0.29, 0.717) is 0 Å². The number of carbonyl (C=O) groups excluding carboxylic acids is 1. The lowest BCUT2D eigenvalue weighted by molar-refractivity contribution is 0.0457. The molecule has 136 valence electrons. The summed E-state index contributed by atoms with van der Waals surface area (Å²) < 4.78 is 11.9.